The average Bonchev–Trinajstić information content (AvgIpc) is 2.71. The molecule has 0 unspecified atom stereocenters. The molecule has 30 heavy (non-hydrogen) atoms. The van der Waals surface area contributed by atoms with E-state index in [4.69, 9.17) is 21.1 Å². The van der Waals surface area contributed by atoms with E-state index in [0.717, 1.165) is 14.7 Å². The number of amides is 1. The molecule has 3 rings (SSSR count). The Hall–Kier alpha value is -2.25. The maximum Gasteiger partial charge on any atom is 0.255 e. The number of aryl methyl sites for hydroxylation is 2. The third-order valence-electron chi connectivity index (χ3n) is 4.51. The van der Waals surface area contributed by atoms with Crippen molar-refractivity contribution in [2.24, 2.45) is 0 Å². The smallest absolute Gasteiger partial charge is 0.255 e. The number of carbonyl (C=O) groups excluding carboxylic acids is 1. The van der Waals surface area contributed by atoms with Crippen LogP contribution in [0.3, 0.4) is 0 Å². The zero-order chi connectivity index (χ0) is 21.7. The lowest BCUT2D eigenvalue weighted by atomic mass is 10.1. The second-order valence-corrected chi connectivity index (χ2v) is 8.48. The van der Waals surface area contributed by atoms with Crippen molar-refractivity contribution in [1.29, 1.82) is 0 Å². The molecule has 0 heterocycles. The number of rotatable bonds is 7. The van der Waals surface area contributed by atoms with Gasteiger partial charge >= 0.3 is 0 Å². The fourth-order valence-corrected chi connectivity index (χ4v) is 3.75. The first kappa shape index (κ1) is 22.4. The summed E-state index contributed by atoms with van der Waals surface area (Å²) >= 11 is 8.33. The van der Waals surface area contributed by atoms with Crippen LogP contribution in [-0.4, -0.2) is 12.5 Å². The molecule has 0 aromatic heterocycles. The predicted octanol–water partition coefficient (Wildman–Crippen LogP) is 6.79. The maximum atomic E-state index is 12.8. The number of carbonyl (C=O) groups is 1. The Morgan fingerprint density at radius 1 is 1.03 bits per heavy atom. The normalized spacial score (nSPS) is 10.6. The summed E-state index contributed by atoms with van der Waals surface area (Å²) in [7, 11) is 0. The Kier molecular flexibility index (Phi) is 7.61. The first-order valence-electron chi connectivity index (χ1n) is 9.59. The first-order chi connectivity index (χ1) is 14.4. The lowest BCUT2D eigenvalue weighted by Gasteiger charge is -2.16. The van der Waals surface area contributed by atoms with Gasteiger partial charge in [0.25, 0.3) is 5.91 Å². The molecule has 0 radical (unpaired) electrons. The van der Waals surface area contributed by atoms with E-state index in [9.17, 15) is 4.79 Å². The molecule has 4 nitrogen and oxygen atoms in total. The zero-order valence-electron chi connectivity index (χ0n) is 17.1. The summed E-state index contributed by atoms with van der Waals surface area (Å²) < 4.78 is 12.6. The van der Waals surface area contributed by atoms with Crippen molar-refractivity contribution in [3.63, 3.8) is 0 Å². The Balaban J connectivity index is 1.81. The van der Waals surface area contributed by atoms with Crippen LogP contribution in [0.5, 0.6) is 11.5 Å². The highest BCUT2D eigenvalue weighted by molar-refractivity contribution is 14.1. The van der Waals surface area contributed by atoms with Crippen molar-refractivity contribution in [3.05, 3.63) is 85.4 Å². The second-order valence-electron chi connectivity index (χ2n) is 6.91. The average molecular weight is 536 g/mol. The molecule has 0 aliphatic heterocycles. The number of anilines is 1. The molecule has 0 saturated heterocycles. The number of halogens is 2. The van der Waals surface area contributed by atoms with Gasteiger partial charge in [0, 0.05) is 16.3 Å². The quantitative estimate of drug-likeness (QED) is 0.339. The molecular weight excluding hydrogens is 513 g/mol. The molecule has 3 aromatic rings. The fourth-order valence-electron chi connectivity index (χ4n) is 2.82. The van der Waals surface area contributed by atoms with E-state index in [1.165, 1.54) is 5.56 Å². The van der Waals surface area contributed by atoms with E-state index in [2.05, 4.69) is 47.0 Å². The SMILES string of the molecule is CCOc1cc(C(=O)Nc2ccc(C)c(Cl)c2)cc(I)c1OCc1ccc(C)cc1. The van der Waals surface area contributed by atoms with Crippen LogP contribution >= 0.6 is 34.2 Å². The minimum atomic E-state index is -0.237. The highest BCUT2D eigenvalue weighted by atomic mass is 127. The van der Waals surface area contributed by atoms with Gasteiger partial charge in [0.05, 0.1) is 10.2 Å². The zero-order valence-corrected chi connectivity index (χ0v) is 20.0. The third kappa shape index (κ3) is 5.67. The molecule has 6 heteroatoms. The molecule has 156 valence electrons. The van der Waals surface area contributed by atoms with E-state index in [1.807, 2.05) is 38.1 Å². The molecule has 0 aliphatic carbocycles. The topological polar surface area (TPSA) is 47.6 Å². The molecule has 0 saturated carbocycles. The monoisotopic (exact) mass is 535 g/mol. The lowest BCUT2D eigenvalue weighted by molar-refractivity contribution is 0.102. The van der Waals surface area contributed by atoms with Crippen LogP contribution in [0.4, 0.5) is 5.69 Å². The van der Waals surface area contributed by atoms with Gasteiger partial charge in [-0.15, -0.1) is 0 Å². The summed E-state index contributed by atoms with van der Waals surface area (Å²) in [6, 6.07) is 17.1. The maximum absolute atomic E-state index is 12.8. The largest absolute Gasteiger partial charge is 0.490 e. The minimum Gasteiger partial charge on any atom is -0.490 e. The van der Waals surface area contributed by atoms with Crippen LogP contribution in [0.1, 0.15) is 34.0 Å². The van der Waals surface area contributed by atoms with Gasteiger partial charge in [0.15, 0.2) is 11.5 Å². The van der Waals surface area contributed by atoms with Crippen LogP contribution in [-0.2, 0) is 6.61 Å². The number of benzene rings is 3. The van der Waals surface area contributed by atoms with Gasteiger partial charge < -0.3 is 14.8 Å². The third-order valence-corrected chi connectivity index (χ3v) is 5.71. The van der Waals surface area contributed by atoms with E-state index in [0.29, 0.717) is 41.0 Å². The molecule has 0 aliphatic rings. The highest BCUT2D eigenvalue weighted by Crippen LogP contribution is 2.35. The van der Waals surface area contributed by atoms with Crippen molar-refractivity contribution < 1.29 is 14.3 Å². The highest BCUT2D eigenvalue weighted by Gasteiger charge is 2.17. The summed E-state index contributed by atoms with van der Waals surface area (Å²) in [5.74, 6) is 0.940. The van der Waals surface area contributed by atoms with Gasteiger partial charge in [-0.05, 0) is 78.8 Å². The van der Waals surface area contributed by atoms with Crippen molar-refractivity contribution >= 4 is 45.8 Å². The Bertz CT molecular complexity index is 1050. The fraction of sp³-hybridized carbons (Fsp3) is 0.208. The van der Waals surface area contributed by atoms with Crippen LogP contribution in [0.25, 0.3) is 0 Å². The van der Waals surface area contributed by atoms with Gasteiger partial charge in [-0.3, -0.25) is 4.79 Å². The van der Waals surface area contributed by atoms with E-state index < -0.39 is 0 Å². The van der Waals surface area contributed by atoms with Crippen LogP contribution in [0, 0.1) is 17.4 Å². The minimum absolute atomic E-state index is 0.237. The van der Waals surface area contributed by atoms with Gasteiger partial charge in [-0.1, -0.05) is 47.5 Å². The Morgan fingerprint density at radius 3 is 2.43 bits per heavy atom. The van der Waals surface area contributed by atoms with Crippen LogP contribution in [0.2, 0.25) is 5.02 Å². The predicted molar refractivity (Wildman–Crippen MR) is 130 cm³/mol. The standard InChI is InChI=1S/C24H23ClINO3/c1-4-29-22-12-18(24(28)27-19-10-7-16(3)20(25)13-19)11-21(26)23(22)30-14-17-8-5-15(2)6-9-17/h5-13H,4,14H2,1-3H3,(H,27,28). The van der Waals surface area contributed by atoms with Crippen molar-refractivity contribution in [2.45, 2.75) is 27.4 Å². The molecule has 1 amide bonds. The second kappa shape index (κ2) is 10.2. The summed E-state index contributed by atoms with van der Waals surface area (Å²) in [5, 5.41) is 3.49. The molecule has 3 aromatic carbocycles. The summed E-state index contributed by atoms with van der Waals surface area (Å²) in [5.41, 5.74) is 4.36. The number of hydrogen-bond donors (Lipinski definition) is 1. The molecule has 0 atom stereocenters. The van der Waals surface area contributed by atoms with Crippen molar-refractivity contribution in [3.8, 4) is 11.5 Å². The number of ether oxygens (including phenoxy) is 2. The van der Waals surface area contributed by atoms with E-state index in [1.54, 1.807) is 18.2 Å². The lowest BCUT2D eigenvalue weighted by Crippen LogP contribution is -2.13. The van der Waals surface area contributed by atoms with Gasteiger partial charge in [-0.25, -0.2) is 0 Å². The molecule has 0 spiro atoms. The van der Waals surface area contributed by atoms with E-state index >= 15 is 0 Å². The summed E-state index contributed by atoms with van der Waals surface area (Å²) in [6.45, 7) is 6.76. The van der Waals surface area contributed by atoms with Gasteiger partial charge in [-0.2, -0.15) is 0 Å². The van der Waals surface area contributed by atoms with Gasteiger partial charge in [0.2, 0.25) is 0 Å². The summed E-state index contributed by atoms with van der Waals surface area (Å²) in [6.07, 6.45) is 0. The number of hydrogen-bond acceptors (Lipinski definition) is 3. The van der Waals surface area contributed by atoms with Crippen molar-refractivity contribution in [1.82, 2.24) is 0 Å². The van der Waals surface area contributed by atoms with E-state index in [-0.39, 0.29) is 5.91 Å². The number of nitrogens with one attached hydrogen (secondary N) is 1. The Labute approximate surface area is 195 Å². The van der Waals surface area contributed by atoms with Crippen LogP contribution < -0.4 is 14.8 Å². The molecule has 0 fully saturated rings. The Morgan fingerprint density at radius 2 is 1.77 bits per heavy atom. The molecular formula is C24H23ClINO3. The molecule has 0 bridgehead atoms. The van der Waals surface area contributed by atoms with Crippen LogP contribution in [0.15, 0.2) is 54.6 Å². The first-order valence-corrected chi connectivity index (χ1v) is 11.0. The molecule has 1 N–H and O–H groups in total. The van der Waals surface area contributed by atoms with Gasteiger partial charge in [0.1, 0.15) is 6.61 Å². The summed E-state index contributed by atoms with van der Waals surface area (Å²) in [4.78, 5) is 12.8. The van der Waals surface area contributed by atoms with Crippen molar-refractivity contribution in [2.75, 3.05) is 11.9 Å².